The number of amides is 1. The molecule has 6 nitrogen and oxygen atoms in total. The Morgan fingerprint density at radius 2 is 2.05 bits per heavy atom. The second-order valence-electron chi connectivity index (χ2n) is 5.43. The van der Waals surface area contributed by atoms with E-state index in [1.54, 1.807) is 13.8 Å². The van der Waals surface area contributed by atoms with Gasteiger partial charge >= 0.3 is 5.97 Å². The van der Waals surface area contributed by atoms with Gasteiger partial charge in [0.1, 0.15) is 23.3 Å². The third-order valence-electron chi connectivity index (χ3n) is 3.99. The summed E-state index contributed by atoms with van der Waals surface area (Å²) in [4.78, 5) is 24.1. The summed E-state index contributed by atoms with van der Waals surface area (Å²) in [6.07, 6.45) is -0.130. The Labute approximate surface area is 127 Å². The molecule has 114 valence electrons. The van der Waals surface area contributed by atoms with Crippen LogP contribution in [0.1, 0.15) is 38.9 Å². The van der Waals surface area contributed by atoms with E-state index in [0.29, 0.717) is 23.4 Å². The lowest BCUT2D eigenvalue weighted by Crippen LogP contribution is -2.32. The molecule has 2 aromatic rings. The maximum Gasteiger partial charge on any atom is 0.344 e. The third-order valence-corrected chi connectivity index (χ3v) is 3.99. The predicted molar refractivity (Wildman–Crippen MR) is 77.3 cm³/mol. The SMILES string of the molecule is Cc1noc(C)c1C(=O)OC1Cc2ccccc2C1C(N)=O. The van der Waals surface area contributed by atoms with Gasteiger partial charge in [-0.1, -0.05) is 29.4 Å². The number of nitrogens with two attached hydrogens (primary N) is 1. The maximum absolute atomic E-state index is 12.3. The summed E-state index contributed by atoms with van der Waals surface area (Å²) in [6, 6.07) is 7.48. The Balaban J connectivity index is 1.87. The monoisotopic (exact) mass is 300 g/mol. The quantitative estimate of drug-likeness (QED) is 0.869. The standard InChI is InChI=1S/C16H16N2O4/c1-8-13(9(2)22-18-8)16(20)21-12-7-10-5-3-4-6-11(10)14(12)15(17)19/h3-6,12,14H,7H2,1-2H3,(H2,17,19). The van der Waals surface area contributed by atoms with E-state index in [2.05, 4.69) is 5.16 Å². The van der Waals surface area contributed by atoms with Crippen molar-refractivity contribution in [3.63, 3.8) is 0 Å². The first-order valence-electron chi connectivity index (χ1n) is 7.00. The van der Waals surface area contributed by atoms with Crippen LogP contribution in [0.2, 0.25) is 0 Å². The number of esters is 1. The molecule has 0 saturated carbocycles. The first kappa shape index (κ1) is 14.3. The number of carbonyl (C=O) groups excluding carboxylic acids is 2. The van der Waals surface area contributed by atoms with Gasteiger partial charge in [0.2, 0.25) is 5.91 Å². The lowest BCUT2D eigenvalue weighted by molar-refractivity contribution is -0.121. The van der Waals surface area contributed by atoms with Crippen molar-refractivity contribution in [1.29, 1.82) is 0 Å². The van der Waals surface area contributed by atoms with Crippen LogP contribution in [0.25, 0.3) is 0 Å². The van der Waals surface area contributed by atoms with Crippen molar-refractivity contribution < 1.29 is 18.8 Å². The fourth-order valence-electron chi connectivity index (χ4n) is 2.98. The number of rotatable bonds is 3. The average molecular weight is 300 g/mol. The zero-order chi connectivity index (χ0) is 15.9. The minimum absolute atomic E-state index is 0.305. The molecule has 1 aromatic carbocycles. The van der Waals surface area contributed by atoms with Gasteiger partial charge < -0.3 is 15.0 Å². The van der Waals surface area contributed by atoms with Gasteiger partial charge in [-0.15, -0.1) is 0 Å². The second-order valence-corrected chi connectivity index (χ2v) is 5.43. The van der Waals surface area contributed by atoms with Crippen molar-refractivity contribution in [3.05, 3.63) is 52.4 Å². The fourth-order valence-corrected chi connectivity index (χ4v) is 2.98. The van der Waals surface area contributed by atoms with E-state index >= 15 is 0 Å². The Hall–Kier alpha value is -2.63. The van der Waals surface area contributed by atoms with E-state index < -0.39 is 23.9 Å². The highest BCUT2D eigenvalue weighted by Gasteiger charge is 2.39. The topological polar surface area (TPSA) is 95.4 Å². The van der Waals surface area contributed by atoms with E-state index in [1.807, 2.05) is 24.3 Å². The number of fused-ring (bicyclic) bond motifs is 1. The second kappa shape index (κ2) is 5.29. The summed E-state index contributed by atoms with van der Waals surface area (Å²) < 4.78 is 10.5. The predicted octanol–water partition coefficient (Wildman–Crippen LogP) is 1.64. The number of primary amides is 1. The molecule has 1 aliphatic carbocycles. The summed E-state index contributed by atoms with van der Waals surface area (Å²) >= 11 is 0. The van der Waals surface area contributed by atoms with Gasteiger partial charge in [-0.05, 0) is 25.0 Å². The fraction of sp³-hybridized carbons (Fsp3) is 0.312. The number of aromatic nitrogens is 1. The van der Waals surface area contributed by atoms with Crippen LogP contribution in [-0.4, -0.2) is 23.1 Å². The van der Waals surface area contributed by atoms with Gasteiger partial charge in [-0.3, -0.25) is 4.79 Å². The van der Waals surface area contributed by atoms with E-state index in [9.17, 15) is 9.59 Å². The third kappa shape index (κ3) is 2.26. The van der Waals surface area contributed by atoms with Gasteiger partial charge in [0.05, 0.1) is 5.69 Å². The smallest absolute Gasteiger partial charge is 0.344 e. The van der Waals surface area contributed by atoms with Crippen molar-refractivity contribution in [2.75, 3.05) is 0 Å². The Morgan fingerprint density at radius 3 is 2.68 bits per heavy atom. The van der Waals surface area contributed by atoms with E-state index in [-0.39, 0.29) is 0 Å². The first-order chi connectivity index (χ1) is 10.5. The van der Waals surface area contributed by atoms with Crippen molar-refractivity contribution >= 4 is 11.9 Å². The molecule has 0 radical (unpaired) electrons. The molecular weight excluding hydrogens is 284 g/mol. The number of aryl methyl sites for hydroxylation is 2. The lowest BCUT2D eigenvalue weighted by Gasteiger charge is -2.18. The molecule has 1 heterocycles. The first-order valence-corrected chi connectivity index (χ1v) is 7.00. The molecule has 2 unspecified atom stereocenters. The van der Waals surface area contributed by atoms with Crippen molar-refractivity contribution in [2.45, 2.75) is 32.3 Å². The summed E-state index contributed by atoms with van der Waals surface area (Å²) in [5.74, 6) is -1.27. The van der Waals surface area contributed by atoms with E-state index in [1.165, 1.54) is 0 Å². The molecule has 1 amide bonds. The number of carbonyl (C=O) groups is 2. The van der Waals surface area contributed by atoms with Crippen molar-refractivity contribution in [2.24, 2.45) is 5.73 Å². The van der Waals surface area contributed by atoms with Crippen LogP contribution in [0.3, 0.4) is 0 Å². The highest BCUT2D eigenvalue weighted by Crippen LogP contribution is 2.35. The molecule has 0 aliphatic heterocycles. The van der Waals surface area contributed by atoms with E-state index in [4.69, 9.17) is 15.0 Å². The number of hydrogen-bond acceptors (Lipinski definition) is 5. The molecule has 1 aliphatic rings. The van der Waals surface area contributed by atoms with Crippen molar-refractivity contribution in [3.8, 4) is 0 Å². The Bertz CT molecular complexity index is 731. The number of nitrogens with zero attached hydrogens (tertiary/aromatic N) is 1. The van der Waals surface area contributed by atoms with Crippen LogP contribution >= 0.6 is 0 Å². The Morgan fingerprint density at radius 1 is 1.32 bits per heavy atom. The molecule has 2 N–H and O–H groups in total. The van der Waals surface area contributed by atoms with Crippen LogP contribution in [0.15, 0.2) is 28.8 Å². The van der Waals surface area contributed by atoms with Crippen molar-refractivity contribution in [1.82, 2.24) is 5.16 Å². The molecule has 0 bridgehead atoms. The summed E-state index contributed by atoms with van der Waals surface area (Å²) in [5, 5.41) is 3.74. The molecule has 0 fully saturated rings. The minimum Gasteiger partial charge on any atom is -0.457 e. The molecule has 22 heavy (non-hydrogen) atoms. The highest BCUT2D eigenvalue weighted by molar-refractivity contribution is 5.92. The van der Waals surface area contributed by atoms with Crippen LogP contribution in [-0.2, 0) is 16.0 Å². The van der Waals surface area contributed by atoms with E-state index in [0.717, 1.165) is 11.1 Å². The Kier molecular flexibility index (Phi) is 3.44. The molecule has 6 heteroatoms. The molecule has 0 saturated heterocycles. The average Bonchev–Trinajstić information content (AvgIpc) is 2.98. The van der Waals surface area contributed by atoms with Gasteiger partial charge in [-0.2, -0.15) is 0 Å². The molecule has 2 atom stereocenters. The summed E-state index contributed by atoms with van der Waals surface area (Å²) in [7, 11) is 0. The maximum atomic E-state index is 12.3. The molecule has 3 rings (SSSR count). The van der Waals surface area contributed by atoms with Gasteiger partial charge in [0.25, 0.3) is 0 Å². The normalized spacial score (nSPS) is 19.7. The molecular formula is C16H16N2O4. The van der Waals surface area contributed by atoms with Crippen LogP contribution in [0, 0.1) is 13.8 Å². The van der Waals surface area contributed by atoms with Gasteiger partial charge in [0.15, 0.2) is 0 Å². The highest BCUT2D eigenvalue weighted by atomic mass is 16.5. The summed E-state index contributed by atoms with van der Waals surface area (Å²) in [5.41, 5.74) is 8.07. The van der Waals surface area contributed by atoms with Crippen LogP contribution < -0.4 is 5.73 Å². The number of ether oxygens (including phenoxy) is 1. The molecule has 1 aromatic heterocycles. The number of hydrogen-bond donors (Lipinski definition) is 1. The van der Waals surface area contributed by atoms with Gasteiger partial charge in [-0.25, -0.2) is 4.79 Å². The number of benzene rings is 1. The van der Waals surface area contributed by atoms with Gasteiger partial charge in [0, 0.05) is 6.42 Å². The summed E-state index contributed by atoms with van der Waals surface area (Å²) in [6.45, 7) is 3.31. The molecule has 0 spiro atoms. The van der Waals surface area contributed by atoms with Crippen LogP contribution in [0.5, 0.6) is 0 Å². The zero-order valence-electron chi connectivity index (χ0n) is 12.3. The lowest BCUT2D eigenvalue weighted by atomic mass is 9.99. The minimum atomic E-state index is -0.624. The van der Waals surface area contributed by atoms with Crippen LogP contribution in [0.4, 0.5) is 0 Å². The largest absolute Gasteiger partial charge is 0.457 e. The zero-order valence-corrected chi connectivity index (χ0v) is 12.3.